The van der Waals surface area contributed by atoms with Crippen LogP contribution in [0.5, 0.6) is 0 Å². The lowest BCUT2D eigenvalue weighted by molar-refractivity contribution is -0.149. The van der Waals surface area contributed by atoms with E-state index in [4.69, 9.17) is 10.2 Å². The van der Waals surface area contributed by atoms with Gasteiger partial charge in [-0.15, -0.1) is 0 Å². The normalized spacial score (nSPS) is 18.1. The van der Waals surface area contributed by atoms with Crippen LogP contribution in [0.15, 0.2) is 0 Å². The zero-order chi connectivity index (χ0) is 6.08. The highest BCUT2D eigenvalue weighted by Gasteiger charge is 2.26. The monoisotopic (exact) mass is 125 g/mol. The molecule has 4 nitrogen and oxygen atoms in total. The summed E-state index contributed by atoms with van der Waals surface area (Å²) in [6.45, 7) is 0. The number of halogens is 1. The van der Waals surface area contributed by atoms with E-state index in [9.17, 15) is 4.79 Å². The zero-order valence-electron chi connectivity index (χ0n) is 3.26. The van der Waals surface area contributed by atoms with Gasteiger partial charge in [-0.1, -0.05) is 11.6 Å². The summed E-state index contributed by atoms with van der Waals surface area (Å²) in [6, 6.07) is 0. The minimum absolute atomic E-state index is 1.66. The van der Waals surface area contributed by atoms with Crippen LogP contribution in [0.3, 0.4) is 0 Å². The summed E-state index contributed by atoms with van der Waals surface area (Å²) in [4.78, 5) is 9.51. The Labute approximate surface area is 44.5 Å². The van der Waals surface area contributed by atoms with Crippen LogP contribution in [0.2, 0.25) is 0 Å². The van der Waals surface area contributed by atoms with E-state index in [1.807, 2.05) is 0 Å². The molecule has 1 unspecified atom stereocenters. The molecule has 0 aliphatic carbocycles. The van der Waals surface area contributed by atoms with Crippen molar-refractivity contribution in [3.8, 4) is 0 Å². The van der Waals surface area contributed by atoms with Crippen molar-refractivity contribution in [1.82, 2.24) is 0 Å². The predicted octanol–water partition coefficient (Wildman–Crippen LogP) is -1.09. The molecule has 1 atom stereocenters. The molecule has 0 bridgehead atoms. The summed E-state index contributed by atoms with van der Waals surface area (Å²) >= 11 is 4.60. The van der Waals surface area contributed by atoms with Crippen molar-refractivity contribution in [2.45, 2.75) is 5.18 Å². The van der Waals surface area contributed by atoms with Gasteiger partial charge in [0.15, 0.2) is 0 Å². The van der Waals surface area contributed by atoms with Gasteiger partial charge < -0.3 is 10.2 Å². The lowest BCUT2D eigenvalue weighted by atomic mass is 10.6. The molecule has 0 aliphatic rings. The topological polar surface area (TPSA) is 83.5 Å². The molecule has 5 heteroatoms. The van der Waals surface area contributed by atoms with E-state index in [1.54, 1.807) is 0 Å². The lowest BCUT2D eigenvalue weighted by Crippen LogP contribution is -2.41. The third-order valence-corrected chi connectivity index (χ3v) is 0.462. The minimum Gasteiger partial charge on any atom is -0.477 e. The van der Waals surface area contributed by atoms with Gasteiger partial charge in [-0.2, -0.15) is 0 Å². The largest absolute Gasteiger partial charge is 0.477 e. The molecule has 0 fully saturated rings. The fourth-order valence-electron chi connectivity index (χ4n) is 0. The van der Waals surface area contributed by atoms with Gasteiger partial charge in [0.05, 0.1) is 0 Å². The van der Waals surface area contributed by atoms with Gasteiger partial charge in [0.1, 0.15) is 0 Å². The molecular formula is C2H4ClNO3. The van der Waals surface area contributed by atoms with Gasteiger partial charge in [0, 0.05) is 0 Å². The second-order valence-corrected chi connectivity index (χ2v) is 1.55. The molecular weight excluding hydrogens is 121 g/mol. The molecule has 0 aromatic carbocycles. The number of nitrogens with two attached hydrogens (primary N) is 1. The van der Waals surface area contributed by atoms with Crippen LogP contribution in [0.4, 0.5) is 0 Å². The number of carbonyl (C=O) groups is 1. The maximum Gasteiger partial charge on any atom is 0.367 e. The molecule has 0 saturated carbocycles. The Morgan fingerprint density at radius 2 is 2.00 bits per heavy atom. The van der Waals surface area contributed by atoms with Crippen molar-refractivity contribution in [3.63, 3.8) is 0 Å². The van der Waals surface area contributed by atoms with Crippen LogP contribution in [0, 0.1) is 0 Å². The molecule has 7 heavy (non-hydrogen) atoms. The average Bonchev–Trinajstić information content (AvgIpc) is 1.31. The third kappa shape index (κ3) is 2.38. The van der Waals surface area contributed by atoms with Crippen LogP contribution in [-0.2, 0) is 4.79 Å². The van der Waals surface area contributed by atoms with E-state index in [0.717, 1.165) is 0 Å². The summed E-state index contributed by atoms with van der Waals surface area (Å²) in [5.74, 6) is -1.66. The van der Waals surface area contributed by atoms with E-state index in [0.29, 0.717) is 0 Å². The number of hydrogen-bond donors (Lipinski definition) is 3. The Balaban J connectivity index is 3.79. The van der Waals surface area contributed by atoms with Crippen molar-refractivity contribution < 1.29 is 15.0 Å². The highest BCUT2D eigenvalue weighted by atomic mass is 35.5. The van der Waals surface area contributed by atoms with Crippen molar-refractivity contribution in [3.05, 3.63) is 0 Å². The van der Waals surface area contributed by atoms with Crippen molar-refractivity contribution in [2.75, 3.05) is 0 Å². The van der Waals surface area contributed by atoms with Crippen LogP contribution >= 0.6 is 11.6 Å². The smallest absolute Gasteiger partial charge is 0.367 e. The Morgan fingerprint density at radius 3 is 2.00 bits per heavy atom. The third-order valence-electron chi connectivity index (χ3n) is 0.300. The standard InChI is InChI=1S/C2H4ClNO3/c3-2(4,7)1(5)6/h7H,4H2,(H,5,6). The first-order valence-corrected chi connectivity index (χ1v) is 1.76. The van der Waals surface area contributed by atoms with Gasteiger partial charge >= 0.3 is 5.97 Å². The van der Waals surface area contributed by atoms with E-state index < -0.39 is 11.2 Å². The summed E-state index contributed by atoms with van der Waals surface area (Å²) in [5.41, 5.74) is 4.40. The first kappa shape index (κ1) is 6.68. The van der Waals surface area contributed by atoms with Crippen molar-refractivity contribution in [2.24, 2.45) is 5.73 Å². The Bertz CT molecular complexity index is 85.4. The molecule has 4 N–H and O–H groups in total. The molecule has 0 aromatic rings. The fraction of sp³-hybridized carbons (Fsp3) is 0.500. The molecule has 0 aromatic heterocycles. The lowest BCUT2D eigenvalue weighted by Gasteiger charge is -2.04. The molecule has 0 aliphatic heterocycles. The summed E-state index contributed by atoms with van der Waals surface area (Å²) in [5, 5.41) is 13.2. The Morgan fingerprint density at radius 1 is 1.86 bits per heavy atom. The first-order chi connectivity index (χ1) is 2.94. The van der Waals surface area contributed by atoms with Crippen LogP contribution in [0.25, 0.3) is 0 Å². The minimum atomic E-state index is -2.61. The fourth-order valence-corrected chi connectivity index (χ4v) is 0. The quantitative estimate of drug-likeness (QED) is 0.236. The number of rotatable bonds is 1. The highest BCUT2D eigenvalue weighted by molar-refractivity contribution is 6.31. The maximum absolute atomic E-state index is 9.51. The Hall–Kier alpha value is -0.320. The number of aliphatic hydroxyl groups is 1. The molecule has 0 rings (SSSR count). The number of carboxylic acid groups (broad SMARTS) is 1. The molecule has 0 amide bonds. The van der Waals surface area contributed by atoms with Gasteiger partial charge in [-0.25, -0.2) is 4.79 Å². The molecule has 0 spiro atoms. The Kier molecular flexibility index (Phi) is 1.58. The summed E-state index contributed by atoms with van der Waals surface area (Å²) < 4.78 is 0. The van der Waals surface area contributed by atoms with Gasteiger partial charge in [-0.05, 0) is 0 Å². The van der Waals surface area contributed by atoms with E-state index >= 15 is 0 Å². The zero-order valence-corrected chi connectivity index (χ0v) is 4.01. The summed E-state index contributed by atoms with van der Waals surface area (Å²) in [6.07, 6.45) is 0. The first-order valence-electron chi connectivity index (χ1n) is 1.38. The predicted molar refractivity (Wildman–Crippen MR) is 22.6 cm³/mol. The molecule has 0 radical (unpaired) electrons. The molecule has 0 heterocycles. The van der Waals surface area contributed by atoms with E-state index in [2.05, 4.69) is 17.3 Å². The average molecular weight is 126 g/mol. The van der Waals surface area contributed by atoms with Crippen LogP contribution in [0.1, 0.15) is 0 Å². The number of hydrogen-bond acceptors (Lipinski definition) is 3. The molecule has 0 saturated heterocycles. The second kappa shape index (κ2) is 1.65. The highest BCUT2D eigenvalue weighted by Crippen LogP contribution is 1.98. The number of alkyl halides is 1. The van der Waals surface area contributed by atoms with Crippen molar-refractivity contribution >= 4 is 17.6 Å². The van der Waals surface area contributed by atoms with Crippen LogP contribution < -0.4 is 5.73 Å². The van der Waals surface area contributed by atoms with Gasteiger partial charge in [-0.3, -0.25) is 5.73 Å². The summed E-state index contributed by atoms with van der Waals surface area (Å²) in [7, 11) is 0. The second-order valence-electron chi connectivity index (χ2n) is 0.979. The molecule has 42 valence electrons. The van der Waals surface area contributed by atoms with E-state index in [-0.39, 0.29) is 0 Å². The van der Waals surface area contributed by atoms with E-state index in [1.165, 1.54) is 0 Å². The van der Waals surface area contributed by atoms with Gasteiger partial charge in [0.25, 0.3) is 5.18 Å². The van der Waals surface area contributed by atoms with Gasteiger partial charge in [0.2, 0.25) is 0 Å². The van der Waals surface area contributed by atoms with Crippen LogP contribution in [-0.4, -0.2) is 21.4 Å². The number of aliphatic carboxylic acids is 1. The maximum atomic E-state index is 9.51. The SMILES string of the molecule is NC(O)(Cl)C(=O)O. The number of carboxylic acids is 1. The van der Waals surface area contributed by atoms with Crippen molar-refractivity contribution in [1.29, 1.82) is 0 Å².